The summed E-state index contributed by atoms with van der Waals surface area (Å²) in [4.78, 5) is 33.9. The Morgan fingerprint density at radius 3 is 2.16 bits per heavy atom. The molecule has 0 radical (unpaired) electrons. The van der Waals surface area contributed by atoms with Crippen LogP contribution in [0.15, 0.2) is 59.9 Å². The Labute approximate surface area is 285 Å². The topological polar surface area (TPSA) is 136 Å². The van der Waals surface area contributed by atoms with Gasteiger partial charge in [0.15, 0.2) is 0 Å². The van der Waals surface area contributed by atoms with E-state index in [0.717, 1.165) is 23.4 Å². The first-order chi connectivity index (χ1) is 23.6. The number of carbonyl (C=O) groups is 2. The summed E-state index contributed by atoms with van der Waals surface area (Å²) in [6.45, 7) is 2.16. The lowest BCUT2D eigenvalue weighted by Crippen LogP contribution is -2.32. The molecule has 1 aliphatic rings. The quantitative estimate of drug-likeness (QED) is 0.144. The molecule has 0 unspecified atom stereocenters. The fraction of sp³-hybridized carbons (Fsp3) is 0.273. The van der Waals surface area contributed by atoms with Gasteiger partial charge in [-0.1, -0.05) is 12.1 Å². The summed E-state index contributed by atoms with van der Waals surface area (Å²) in [6, 6.07) is 6.07. The summed E-state index contributed by atoms with van der Waals surface area (Å²) in [7, 11) is -2.88. The summed E-state index contributed by atoms with van der Waals surface area (Å²) >= 11 is 0. The van der Waals surface area contributed by atoms with Crippen LogP contribution in [0.4, 0.5) is 35.5 Å². The van der Waals surface area contributed by atoms with E-state index in [1.807, 2.05) is 0 Å². The molecule has 2 atom stereocenters. The molecule has 1 amide bonds. The number of benzene rings is 3. The number of carboxylic acids is 1. The summed E-state index contributed by atoms with van der Waals surface area (Å²) in [5, 5.41) is 8.90. The first kappa shape index (κ1) is 37.0. The van der Waals surface area contributed by atoms with Gasteiger partial charge in [-0.25, -0.2) is 32.4 Å². The third-order valence-corrected chi connectivity index (χ3v) is 9.12. The molecule has 270 valence electrons. The Bertz CT molecular complexity index is 2140. The van der Waals surface area contributed by atoms with Gasteiger partial charge in [-0.2, -0.15) is 26.3 Å². The molecule has 1 aromatic heterocycles. The van der Waals surface area contributed by atoms with Crippen LogP contribution in [0.5, 0.6) is 5.75 Å². The summed E-state index contributed by atoms with van der Waals surface area (Å²) < 4.78 is 133. The van der Waals surface area contributed by atoms with Gasteiger partial charge in [0.05, 0.1) is 42.1 Å². The van der Waals surface area contributed by atoms with E-state index < -0.39 is 80.6 Å². The van der Waals surface area contributed by atoms with Crippen LogP contribution in [0.25, 0.3) is 22.3 Å². The van der Waals surface area contributed by atoms with Crippen molar-refractivity contribution in [2.24, 2.45) is 0 Å². The van der Waals surface area contributed by atoms with E-state index in [-0.39, 0.29) is 50.9 Å². The van der Waals surface area contributed by atoms with Gasteiger partial charge in [0, 0.05) is 35.2 Å². The zero-order valence-corrected chi connectivity index (χ0v) is 27.7. The van der Waals surface area contributed by atoms with Gasteiger partial charge in [-0.05, 0) is 60.9 Å². The van der Waals surface area contributed by atoms with E-state index in [0.29, 0.717) is 12.1 Å². The van der Waals surface area contributed by atoms with Gasteiger partial charge in [0.1, 0.15) is 17.7 Å². The Morgan fingerprint density at radius 2 is 1.61 bits per heavy atom. The van der Waals surface area contributed by atoms with Crippen molar-refractivity contribution in [3.05, 3.63) is 94.1 Å². The lowest BCUT2D eigenvalue weighted by atomic mass is 9.92. The third-order valence-electron chi connectivity index (χ3n) is 8.26. The summed E-state index contributed by atoms with van der Waals surface area (Å²) in [5.41, 5.74) is -3.76. The average molecular weight is 742 g/mol. The Balaban J connectivity index is 1.64. The monoisotopic (exact) mass is 741 g/mol. The minimum atomic E-state index is -5.17. The van der Waals surface area contributed by atoms with Crippen LogP contribution in [0.2, 0.25) is 0 Å². The molecule has 2 heterocycles. The number of sulfone groups is 1. The number of aromatic carboxylic acids is 1. The zero-order valence-electron chi connectivity index (χ0n) is 26.9. The molecule has 3 aromatic carbocycles. The first-order valence-electron chi connectivity index (χ1n) is 14.7. The number of carbonyl (C=O) groups excluding carboxylic acids is 1. The minimum Gasteiger partial charge on any atom is -0.496 e. The first-order valence-corrected chi connectivity index (χ1v) is 16.5. The zero-order chi connectivity index (χ0) is 37.8. The van der Waals surface area contributed by atoms with Gasteiger partial charge in [0.2, 0.25) is 15.0 Å². The highest BCUT2D eigenvalue weighted by molar-refractivity contribution is 7.90. The third kappa shape index (κ3) is 7.31. The number of nitrogens with zero attached hydrogens (tertiary/aromatic N) is 3. The SMILES string of the molecule is COc1cc(F)c(-c2cccc(C(=O)O)c2C)cc1-c1cnc(S(C)(=O)=O)nc1CN1C(=O)O[C@H](c2cc(C(F)(F)F)cc(C(F)(F)F)c2)[C@@H]1C. The molecule has 18 heteroatoms. The molecular formula is C33H26F7N3O7S. The molecule has 1 aliphatic heterocycles. The molecule has 10 nitrogen and oxygen atoms in total. The average Bonchev–Trinajstić information content (AvgIpc) is 3.31. The number of alkyl halides is 6. The molecule has 51 heavy (non-hydrogen) atoms. The normalized spacial score (nSPS) is 16.7. The van der Waals surface area contributed by atoms with Crippen LogP contribution < -0.4 is 4.74 Å². The number of ether oxygens (including phenoxy) is 2. The van der Waals surface area contributed by atoms with E-state index in [9.17, 15) is 49.5 Å². The van der Waals surface area contributed by atoms with Crippen molar-refractivity contribution in [1.82, 2.24) is 14.9 Å². The second-order valence-corrected chi connectivity index (χ2v) is 13.5. The molecule has 5 rings (SSSR count). The predicted octanol–water partition coefficient (Wildman–Crippen LogP) is 7.49. The second-order valence-electron chi connectivity index (χ2n) is 11.6. The number of rotatable bonds is 8. The van der Waals surface area contributed by atoms with Crippen LogP contribution in [0.3, 0.4) is 0 Å². The largest absolute Gasteiger partial charge is 0.496 e. The summed E-state index contributed by atoms with van der Waals surface area (Å²) in [5.74, 6) is -2.20. The van der Waals surface area contributed by atoms with Crippen molar-refractivity contribution < 1.29 is 63.3 Å². The van der Waals surface area contributed by atoms with E-state index >= 15 is 4.39 Å². The van der Waals surface area contributed by atoms with Crippen molar-refractivity contribution in [3.8, 4) is 28.0 Å². The van der Waals surface area contributed by atoms with E-state index in [1.54, 1.807) is 0 Å². The van der Waals surface area contributed by atoms with Gasteiger partial charge in [-0.3, -0.25) is 4.90 Å². The van der Waals surface area contributed by atoms with Crippen molar-refractivity contribution in [3.63, 3.8) is 0 Å². The Morgan fingerprint density at radius 1 is 0.980 bits per heavy atom. The van der Waals surface area contributed by atoms with E-state index in [4.69, 9.17) is 9.47 Å². The highest BCUT2D eigenvalue weighted by Crippen LogP contribution is 2.43. The molecule has 0 saturated carbocycles. The van der Waals surface area contributed by atoms with Crippen LogP contribution in [0.1, 0.15) is 51.3 Å². The van der Waals surface area contributed by atoms with Gasteiger partial charge in [0.25, 0.3) is 0 Å². The number of halogens is 7. The van der Waals surface area contributed by atoms with Crippen LogP contribution in [-0.4, -0.2) is 59.9 Å². The molecule has 4 aromatic rings. The lowest BCUT2D eigenvalue weighted by Gasteiger charge is -2.23. The maximum Gasteiger partial charge on any atom is 0.416 e. The number of aromatic nitrogens is 2. The molecule has 1 saturated heterocycles. The highest BCUT2D eigenvalue weighted by Gasteiger charge is 2.44. The standard InChI is InChI=1S/C33H26F7N3O7S/c1-15-20(6-5-7-21(15)29(44)45)22-11-23(27(49-3)12-25(22)34)24-13-41-30(51(4,47)48)42-26(24)14-43-16(2)28(50-31(43)46)17-8-18(32(35,36)37)10-19(9-17)33(38,39)40/h5-13,16,28H,14H2,1-4H3,(H,44,45)/t16-,28-/m0/s1. The smallest absolute Gasteiger partial charge is 0.416 e. The van der Waals surface area contributed by atoms with Crippen molar-refractivity contribution >= 4 is 21.9 Å². The molecular weight excluding hydrogens is 715 g/mol. The Kier molecular flexibility index (Phi) is 9.53. The minimum absolute atomic E-state index is 0.00517. The van der Waals surface area contributed by atoms with Gasteiger partial charge < -0.3 is 14.6 Å². The van der Waals surface area contributed by atoms with Crippen molar-refractivity contribution in [1.29, 1.82) is 0 Å². The lowest BCUT2D eigenvalue weighted by molar-refractivity contribution is -0.143. The number of amides is 1. The maximum atomic E-state index is 15.5. The van der Waals surface area contributed by atoms with Crippen molar-refractivity contribution in [2.45, 2.75) is 50.0 Å². The Hall–Kier alpha value is -5.26. The number of methoxy groups -OCH3 is 1. The van der Waals surface area contributed by atoms with E-state index in [1.165, 1.54) is 45.2 Å². The molecule has 0 spiro atoms. The number of carboxylic acid groups (broad SMARTS) is 1. The molecule has 0 aliphatic carbocycles. The number of hydrogen-bond donors (Lipinski definition) is 1. The fourth-order valence-electron chi connectivity index (χ4n) is 5.69. The molecule has 1 fully saturated rings. The van der Waals surface area contributed by atoms with E-state index in [2.05, 4.69) is 9.97 Å². The predicted molar refractivity (Wildman–Crippen MR) is 165 cm³/mol. The number of hydrogen-bond acceptors (Lipinski definition) is 8. The molecule has 1 N–H and O–H groups in total. The van der Waals surface area contributed by atoms with Gasteiger partial charge in [-0.15, -0.1) is 0 Å². The number of cyclic esters (lactones) is 1. The second kappa shape index (κ2) is 13.1. The maximum absolute atomic E-state index is 15.5. The highest BCUT2D eigenvalue weighted by atomic mass is 32.2. The van der Waals surface area contributed by atoms with Crippen molar-refractivity contribution in [2.75, 3.05) is 13.4 Å². The summed E-state index contributed by atoms with van der Waals surface area (Å²) in [6.07, 6.45) is -11.3. The van der Waals surface area contributed by atoms with Crippen LogP contribution >= 0.6 is 0 Å². The fourth-order valence-corrected chi connectivity index (χ4v) is 6.21. The molecule has 0 bridgehead atoms. The van der Waals surface area contributed by atoms with Crippen LogP contribution in [0, 0.1) is 12.7 Å². The van der Waals surface area contributed by atoms with Crippen LogP contribution in [-0.2, 0) is 33.5 Å². The van der Waals surface area contributed by atoms with Gasteiger partial charge >= 0.3 is 24.4 Å².